The highest BCUT2D eigenvalue weighted by Gasteiger charge is 2.22. The molecule has 0 spiro atoms. The van der Waals surface area contributed by atoms with Crippen LogP contribution in [0, 0.1) is 0 Å². The van der Waals surface area contributed by atoms with Gasteiger partial charge in [-0.25, -0.2) is 4.68 Å². The molecular formula is C18H19N5OS2. The molecule has 6 nitrogen and oxygen atoms in total. The maximum absolute atomic E-state index is 12.4. The minimum atomic E-state index is -0.0163. The zero-order valence-electron chi connectivity index (χ0n) is 14.1. The Morgan fingerprint density at radius 1 is 1.31 bits per heavy atom. The molecule has 0 bridgehead atoms. The summed E-state index contributed by atoms with van der Waals surface area (Å²) in [5.41, 5.74) is 2.57. The van der Waals surface area contributed by atoms with Crippen molar-refractivity contribution < 1.29 is 4.79 Å². The number of hydrogen-bond acceptors (Lipinski definition) is 6. The molecule has 0 saturated carbocycles. The molecule has 26 heavy (non-hydrogen) atoms. The zero-order chi connectivity index (χ0) is 17.9. The molecule has 1 aromatic carbocycles. The van der Waals surface area contributed by atoms with Crippen molar-refractivity contribution in [1.82, 2.24) is 20.2 Å². The van der Waals surface area contributed by atoms with Gasteiger partial charge in [0.15, 0.2) is 5.82 Å². The van der Waals surface area contributed by atoms with Crippen LogP contribution in [0.3, 0.4) is 0 Å². The molecule has 0 fully saturated rings. The highest BCUT2D eigenvalue weighted by atomic mass is 32.2. The van der Waals surface area contributed by atoms with Gasteiger partial charge >= 0.3 is 0 Å². The summed E-state index contributed by atoms with van der Waals surface area (Å²) in [6.45, 7) is 0. The van der Waals surface area contributed by atoms with Gasteiger partial charge in [-0.3, -0.25) is 4.79 Å². The molecule has 134 valence electrons. The minimum absolute atomic E-state index is 0.0163. The Morgan fingerprint density at radius 2 is 2.19 bits per heavy atom. The van der Waals surface area contributed by atoms with E-state index in [-0.39, 0.29) is 17.7 Å². The first-order valence-corrected chi connectivity index (χ1v) is 10.3. The van der Waals surface area contributed by atoms with Crippen LogP contribution in [0.15, 0.2) is 46.9 Å². The topological polar surface area (TPSA) is 85.8 Å². The third-order valence-corrected chi connectivity index (χ3v) is 6.25. The van der Waals surface area contributed by atoms with Crippen LogP contribution < -0.4 is 11.2 Å². The molecule has 1 amide bonds. The summed E-state index contributed by atoms with van der Waals surface area (Å²) in [5.74, 6) is 6.93. The third kappa shape index (κ3) is 3.47. The van der Waals surface area contributed by atoms with Crippen LogP contribution in [0.1, 0.15) is 30.0 Å². The quantitative estimate of drug-likeness (QED) is 0.521. The number of carbonyl (C=O) groups excluding carboxylic acids is 1. The molecule has 1 aliphatic carbocycles. The Morgan fingerprint density at radius 3 is 3.04 bits per heavy atom. The molecule has 2 aromatic heterocycles. The first-order chi connectivity index (χ1) is 12.7. The molecule has 3 N–H and O–H groups in total. The van der Waals surface area contributed by atoms with Crippen LogP contribution in [0.25, 0.3) is 10.7 Å². The lowest BCUT2D eigenvalue weighted by atomic mass is 9.88. The average Bonchev–Trinajstić information content (AvgIpc) is 3.30. The van der Waals surface area contributed by atoms with E-state index in [1.165, 1.54) is 27.6 Å². The summed E-state index contributed by atoms with van der Waals surface area (Å²) in [6, 6.07) is 12.3. The molecule has 2 heterocycles. The van der Waals surface area contributed by atoms with E-state index in [2.05, 4.69) is 33.7 Å². The van der Waals surface area contributed by atoms with E-state index in [1.807, 2.05) is 23.6 Å². The second-order valence-corrected chi connectivity index (χ2v) is 8.04. The fraction of sp³-hybridized carbons (Fsp3) is 0.278. The van der Waals surface area contributed by atoms with Gasteiger partial charge < -0.3 is 11.2 Å². The number of nitrogen functional groups attached to an aromatic ring is 1. The largest absolute Gasteiger partial charge is 0.349 e. The summed E-state index contributed by atoms with van der Waals surface area (Å²) < 4.78 is 1.44. The van der Waals surface area contributed by atoms with Gasteiger partial charge in [0.2, 0.25) is 11.1 Å². The van der Waals surface area contributed by atoms with Crippen LogP contribution in [0.5, 0.6) is 0 Å². The van der Waals surface area contributed by atoms with Crippen molar-refractivity contribution in [1.29, 1.82) is 0 Å². The number of carbonyl (C=O) groups is 1. The maximum Gasteiger partial charge on any atom is 0.230 e. The summed E-state index contributed by atoms with van der Waals surface area (Å²) in [6.07, 6.45) is 3.15. The van der Waals surface area contributed by atoms with Crippen LogP contribution in [-0.2, 0) is 11.2 Å². The molecule has 4 rings (SSSR count). The molecule has 8 heteroatoms. The fourth-order valence-corrected chi connectivity index (χ4v) is 4.59. The fourth-order valence-electron chi connectivity index (χ4n) is 3.22. The highest BCUT2D eigenvalue weighted by molar-refractivity contribution is 7.99. The Hall–Kier alpha value is -2.32. The van der Waals surface area contributed by atoms with Gasteiger partial charge in [-0.2, -0.15) is 0 Å². The zero-order valence-corrected chi connectivity index (χ0v) is 15.7. The number of rotatable bonds is 5. The lowest BCUT2D eigenvalue weighted by Gasteiger charge is -2.26. The summed E-state index contributed by atoms with van der Waals surface area (Å²) in [5, 5.41) is 13.9. The lowest BCUT2D eigenvalue weighted by molar-refractivity contribution is -0.119. The van der Waals surface area contributed by atoms with E-state index >= 15 is 0 Å². The first-order valence-electron chi connectivity index (χ1n) is 8.46. The van der Waals surface area contributed by atoms with E-state index in [4.69, 9.17) is 5.84 Å². The second kappa shape index (κ2) is 7.51. The van der Waals surface area contributed by atoms with Gasteiger partial charge in [0.1, 0.15) is 0 Å². The van der Waals surface area contributed by atoms with Gasteiger partial charge in [0.05, 0.1) is 16.7 Å². The van der Waals surface area contributed by atoms with Gasteiger partial charge in [0.25, 0.3) is 0 Å². The predicted molar refractivity (Wildman–Crippen MR) is 104 cm³/mol. The summed E-state index contributed by atoms with van der Waals surface area (Å²) >= 11 is 2.85. The average molecular weight is 386 g/mol. The third-order valence-electron chi connectivity index (χ3n) is 4.44. The van der Waals surface area contributed by atoms with Crippen molar-refractivity contribution in [2.24, 2.45) is 0 Å². The predicted octanol–water partition coefficient (Wildman–Crippen LogP) is 3.01. The molecule has 1 aliphatic rings. The van der Waals surface area contributed by atoms with Crippen LogP contribution in [-0.4, -0.2) is 26.5 Å². The van der Waals surface area contributed by atoms with Crippen molar-refractivity contribution in [3.8, 4) is 10.7 Å². The van der Waals surface area contributed by atoms with Crippen molar-refractivity contribution in [2.45, 2.75) is 30.5 Å². The van der Waals surface area contributed by atoms with E-state index in [0.29, 0.717) is 11.0 Å². The van der Waals surface area contributed by atoms with Crippen LogP contribution >= 0.6 is 23.1 Å². The number of thiophene rings is 1. The molecule has 0 aliphatic heterocycles. The minimum Gasteiger partial charge on any atom is -0.349 e. The van der Waals surface area contributed by atoms with Crippen molar-refractivity contribution >= 4 is 29.0 Å². The van der Waals surface area contributed by atoms with Crippen molar-refractivity contribution in [3.05, 3.63) is 52.9 Å². The number of aryl methyl sites for hydroxylation is 1. The van der Waals surface area contributed by atoms with Gasteiger partial charge in [-0.1, -0.05) is 42.1 Å². The number of aromatic nitrogens is 3. The number of amides is 1. The molecule has 0 radical (unpaired) electrons. The number of nitrogens with two attached hydrogens (primary N) is 1. The highest BCUT2D eigenvalue weighted by Crippen LogP contribution is 2.30. The SMILES string of the molecule is Nn1c(SCC(=O)N[C@@H]2CCCc3ccccc32)nnc1-c1cccs1. The van der Waals surface area contributed by atoms with E-state index in [9.17, 15) is 4.79 Å². The van der Waals surface area contributed by atoms with E-state index in [1.54, 1.807) is 11.3 Å². The van der Waals surface area contributed by atoms with Gasteiger partial charge in [-0.05, 0) is 41.8 Å². The summed E-state index contributed by atoms with van der Waals surface area (Å²) in [4.78, 5) is 13.4. The molecule has 1 atom stereocenters. The molecular weight excluding hydrogens is 366 g/mol. The van der Waals surface area contributed by atoms with Gasteiger partial charge in [-0.15, -0.1) is 21.5 Å². The maximum atomic E-state index is 12.4. The number of hydrogen-bond donors (Lipinski definition) is 2. The number of fused-ring (bicyclic) bond motifs is 1. The van der Waals surface area contributed by atoms with Crippen molar-refractivity contribution in [3.63, 3.8) is 0 Å². The smallest absolute Gasteiger partial charge is 0.230 e. The number of nitrogens with one attached hydrogen (secondary N) is 1. The lowest BCUT2D eigenvalue weighted by Crippen LogP contribution is -2.32. The Labute approximate surface area is 159 Å². The number of benzene rings is 1. The van der Waals surface area contributed by atoms with E-state index < -0.39 is 0 Å². The Kier molecular flexibility index (Phi) is 4.94. The second-order valence-electron chi connectivity index (χ2n) is 6.15. The first kappa shape index (κ1) is 17.1. The standard InChI is InChI=1S/C18H19N5OS2/c19-23-17(15-9-4-10-25-15)21-22-18(23)26-11-16(24)20-14-8-3-6-12-5-1-2-7-13(12)14/h1-2,4-5,7,9-10,14H,3,6,8,11,19H2,(H,20,24)/t14-/m1/s1. The number of nitrogens with zero attached hydrogens (tertiary/aromatic N) is 3. The van der Waals surface area contributed by atoms with Crippen LogP contribution in [0.2, 0.25) is 0 Å². The monoisotopic (exact) mass is 385 g/mol. The van der Waals surface area contributed by atoms with E-state index in [0.717, 1.165) is 24.1 Å². The van der Waals surface area contributed by atoms with Gasteiger partial charge in [0, 0.05) is 0 Å². The molecule has 3 aromatic rings. The molecule has 0 unspecified atom stereocenters. The Bertz CT molecular complexity index is 906. The van der Waals surface area contributed by atoms with Crippen LogP contribution in [0.4, 0.5) is 0 Å². The number of thioether (sulfide) groups is 1. The Balaban J connectivity index is 1.38. The normalized spacial score (nSPS) is 16.2. The van der Waals surface area contributed by atoms with Crippen molar-refractivity contribution in [2.75, 3.05) is 11.6 Å². The molecule has 0 saturated heterocycles. The summed E-state index contributed by atoms with van der Waals surface area (Å²) in [7, 11) is 0.